The van der Waals surface area contributed by atoms with Gasteiger partial charge in [-0.15, -0.1) is 0 Å². The Morgan fingerprint density at radius 3 is 2.70 bits per heavy atom. The molecule has 9 heteroatoms. The fourth-order valence-corrected chi connectivity index (χ4v) is 1.87. The molecule has 0 aliphatic carbocycles. The van der Waals surface area contributed by atoms with Gasteiger partial charge in [0.1, 0.15) is 0 Å². The van der Waals surface area contributed by atoms with E-state index in [1.54, 1.807) is 12.1 Å². The molecule has 1 amide bonds. The molecule has 2 aromatic rings. The van der Waals surface area contributed by atoms with Crippen LogP contribution in [0.15, 0.2) is 47.6 Å². The Labute approximate surface area is 140 Å². The summed E-state index contributed by atoms with van der Waals surface area (Å²) in [6, 6.07) is 10.2. The molecule has 0 spiro atoms. The molecule has 0 aromatic heterocycles. The van der Waals surface area contributed by atoms with E-state index in [9.17, 15) is 14.9 Å². The molecule has 0 saturated heterocycles. The summed E-state index contributed by atoms with van der Waals surface area (Å²) in [7, 11) is 0. The van der Waals surface area contributed by atoms with Gasteiger partial charge in [0.15, 0.2) is 0 Å². The Morgan fingerprint density at radius 1 is 1.22 bits per heavy atom. The first kappa shape index (κ1) is 16.7. The number of non-ortho nitro benzene ring substituents is 1. The van der Waals surface area contributed by atoms with Gasteiger partial charge in [-0.05, 0) is 18.2 Å². The summed E-state index contributed by atoms with van der Waals surface area (Å²) >= 11 is 11.6. The predicted octanol–water partition coefficient (Wildman–Crippen LogP) is 4.48. The zero-order valence-electron chi connectivity index (χ0n) is 11.4. The monoisotopic (exact) mass is 353 g/mol. The number of carbonyl (C=O) groups excluding carboxylic acids is 1. The molecule has 0 saturated carbocycles. The minimum atomic E-state index is -0.843. The molecule has 0 unspecified atom stereocenters. The number of benzene rings is 2. The average Bonchev–Trinajstić information content (AvgIpc) is 2.51. The van der Waals surface area contributed by atoms with E-state index in [-0.39, 0.29) is 10.7 Å². The smallest absolute Gasteiger partial charge is 0.298 e. The molecule has 2 aromatic carbocycles. The number of nitro benzene ring substituents is 1. The van der Waals surface area contributed by atoms with Gasteiger partial charge in [-0.3, -0.25) is 20.3 Å². The van der Waals surface area contributed by atoms with Crippen molar-refractivity contribution in [3.05, 3.63) is 68.2 Å². The average molecular weight is 354 g/mol. The van der Waals surface area contributed by atoms with Gasteiger partial charge in [0, 0.05) is 23.4 Å². The Balaban J connectivity index is 1.94. The summed E-state index contributed by atoms with van der Waals surface area (Å²) in [5, 5.41) is 17.1. The van der Waals surface area contributed by atoms with Gasteiger partial charge in [0.25, 0.3) is 5.69 Å². The maximum Gasteiger partial charge on any atom is 0.437 e. The molecule has 118 valence electrons. The van der Waals surface area contributed by atoms with Crippen molar-refractivity contribution >= 4 is 46.9 Å². The minimum absolute atomic E-state index is 0.0887. The number of nitrogens with zero attached hydrogens (tertiary/aromatic N) is 2. The van der Waals surface area contributed by atoms with Crippen LogP contribution < -0.4 is 5.32 Å². The first-order chi connectivity index (χ1) is 11.0. The molecule has 1 N–H and O–H groups in total. The zero-order valence-corrected chi connectivity index (χ0v) is 12.9. The Bertz CT molecular complexity index is 780. The lowest BCUT2D eigenvalue weighted by Gasteiger charge is -2.03. The minimum Gasteiger partial charge on any atom is -0.298 e. The van der Waals surface area contributed by atoms with Crippen LogP contribution in [0, 0.1) is 10.1 Å². The van der Waals surface area contributed by atoms with Crippen molar-refractivity contribution in [2.75, 3.05) is 5.32 Å². The largest absolute Gasteiger partial charge is 0.437 e. The van der Waals surface area contributed by atoms with Gasteiger partial charge in [-0.25, -0.2) is 4.79 Å². The highest BCUT2D eigenvalue weighted by atomic mass is 35.5. The summed E-state index contributed by atoms with van der Waals surface area (Å²) in [6.07, 6.45) is 0.339. The van der Waals surface area contributed by atoms with Crippen LogP contribution in [0.25, 0.3) is 0 Å². The van der Waals surface area contributed by atoms with Crippen LogP contribution in [0.5, 0.6) is 0 Å². The fourth-order valence-electron chi connectivity index (χ4n) is 1.57. The van der Waals surface area contributed by atoms with E-state index in [0.29, 0.717) is 16.3 Å². The van der Waals surface area contributed by atoms with Crippen molar-refractivity contribution in [1.29, 1.82) is 0 Å². The Kier molecular flexibility index (Phi) is 5.51. The standard InChI is InChI=1S/C14H9Cl2N3O4/c15-12-5-4-10(7-13(12)16)18-14(20)23-17-8-9-2-1-3-11(6-9)19(21)22/h1-8H,(H,18,20)/b17-8+. The summed E-state index contributed by atoms with van der Waals surface area (Å²) in [4.78, 5) is 26.2. The van der Waals surface area contributed by atoms with Crippen molar-refractivity contribution < 1.29 is 14.6 Å². The molecule has 23 heavy (non-hydrogen) atoms. The Morgan fingerprint density at radius 2 is 2.00 bits per heavy atom. The van der Waals surface area contributed by atoms with Gasteiger partial charge in [0.2, 0.25) is 0 Å². The molecular weight excluding hydrogens is 345 g/mol. The van der Waals surface area contributed by atoms with Crippen LogP contribution in [0.3, 0.4) is 0 Å². The van der Waals surface area contributed by atoms with Crippen LogP contribution >= 0.6 is 23.2 Å². The van der Waals surface area contributed by atoms with E-state index in [2.05, 4.69) is 15.3 Å². The number of nitro groups is 1. The predicted molar refractivity (Wildman–Crippen MR) is 87.3 cm³/mol. The lowest BCUT2D eigenvalue weighted by Crippen LogP contribution is -2.10. The molecule has 0 aliphatic rings. The zero-order chi connectivity index (χ0) is 16.8. The number of hydrogen-bond acceptors (Lipinski definition) is 5. The van der Waals surface area contributed by atoms with Crippen molar-refractivity contribution in [3.8, 4) is 0 Å². The van der Waals surface area contributed by atoms with Crippen LogP contribution in [0.2, 0.25) is 10.0 Å². The van der Waals surface area contributed by atoms with Crippen LogP contribution in [-0.2, 0) is 4.84 Å². The third-order valence-electron chi connectivity index (χ3n) is 2.58. The molecule has 0 atom stereocenters. The summed E-state index contributed by atoms with van der Waals surface area (Å²) in [5.74, 6) is 0. The summed E-state index contributed by atoms with van der Waals surface area (Å²) in [6.45, 7) is 0. The highest BCUT2D eigenvalue weighted by Crippen LogP contribution is 2.25. The number of amides is 1. The molecule has 2 rings (SSSR count). The van der Waals surface area contributed by atoms with E-state index >= 15 is 0 Å². The SMILES string of the molecule is O=C(Nc1ccc(Cl)c(Cl)c1)O/N=C/c1cccc([N+](=O)[O-])c1. The third-order valence-corrected chi connectivity index (χ3v) is 3.32. The lowest BCUT2D eigenvalue weighted by molar-refractivity contribution is -0.384. The van der Waals surface area contributed by atoms with Gasteiger partial charge < -0.3 is 0 Å². The summed E-state index contributed by atoms with van der Waals surface area (Å²) in [5.41, 5.74) is 0.714. The van der Waals surface area contributed by atoms with Crippen molar-refractivity contribution in [2.45, 2.75) is 0 Å². The van der Waals surface area contributed by atoms with Gasteiger partial charge in [-0.1, -0.05) is 40.5 Å². The second-order valence-corrected chi connectivity index (χ2v) is 5.03. The number of rotatable bonds is 4. The lowest BCUT2D eigenvalue weighted by atomic mass is 10.2. The molecule has 0 heterocycles. The molecule has 0 bridgehead atoms. The second-order valence-electron chi connectivity index (χ2n) is 4.22. The number of carbonyl (C=O) groups is 1. The number of oxime groups is 1. The molecule has 0 aliphatic heterocycles. The van der Waals surface area contributed by atoms with E-state index in [0.717, 1.165) is 0 Å². The highest BCUT2D eigenvalue weighted by Gasteiger charge is 2.06. The normalized spacial score (nSPS) is 10.5. The quantitative estimate of drug-likeness (QED) is 0.379. The van der Waals surface area contributed by atoms with Crippen molar-refractivity contribution in [2.24, 2.45) is 5.16 Å². The fraction of sp³-hybridized carbons (Fsp3) is 0. The topological polar surface area (TPSA) is 93.8 Å². The second kappa shape index (κ2) is 7.57. The van der Waals surface area contributed by atoms with Gasteiger partial charge >= 0.3 is 6.09 Å². The maximum atomic E-state index is 11.5. The van der Waals surface area contributed by atoms with E-state index in [4.69, 9.17) is 23.2 Å². The van der Waals surface area contributed by atoms with E-state index < -0.39 is 11.0 Å². The van der Waals surface area contributed by atoms with Crippen LogP contribution in [0.4, 0.5) is 16.2 Å². The summed E-state index contributed by atoms with van der Waals surface area (Å²) < 4.78 is 0. The molecule has 7 nitrogen and oxygen atoms in total. The van der Waals surface area contributed by atoms with Crippen LogP contribution in [-0.4, -0.2) is 17.2 Å². The maximum absolute atomic E-state index is 11.5. The molecule has 0 fully saturated rings. The Hall–Kier alpha value is -2.64. The van der Waals surface area contributed by atoms with E-state index in [1.165, 1.54) is 36.5 Å². The number of hydrogen-bond donors (Lipinski definition) is 1. The first-order valence-corrected chi connectivity index (χ1v) is 6.92. The van der Waals surface area contributed by atoms with Gasteiger partial charge in [-0.2, -0.15) is 0 Å². The van der Waals surface area contributed by atoms with E-state index in [1.807, 2.05) is 0 Å². The molecule has 0 radical (unpaired) electrons. The number of anilines is 1. The van der Waals surface area contributed by atoms with Crippen molar-refractivity contribution in [3.63, 3.8) is 0 Å². The first-order valence-electron chi connectivity index (χ1n) is 6.16. The van der Waals surface area contributed by atoms with Crippen LogP contribution in [0.1, 0.15) is 5.56 Å². The number of halogens is 2. The molecular formula is C14H9Cl2N3O4. The van der Waals surface area contributed by atoms with Crippen molar-refractivity contribution in [1.82, 2.24) is 0 Å². The van der Waals surface area contributed by atoms with Gasteiger partial charge in [0.05, 0.1) is 21.2 Å². The third kappa shape index (κ3) is 4.94. The number of nitrogens with one attached hydrogen (secondary N) is 1. The highest BCUT2D eigenvalue weighted by molar-refractivity contribution is 6.42.